The molecule has 2 heterocycles. The normalized spacial score (nSPS) is 18.0. The number of benzene rings is 1. The summed E-state index contributed by atoms with van der Waals surface area (Å²) >= 11 is 0. The highest BCUT2D eigenvalue weighted by Crippen LogP contribution is 2.28. The number of carbonyl (C=O) groups is 2. The second-order valence-electron chi connectivity index (χ2n) is 5.61. The second-order valence-corrected chi connectivity index (χ2v) is 5.61. The van der Waals surface area contributed by atoms with Crippen molar-refractivity contribution in [2.45, 2.75) is 38.6 Å². The Morgan fingerprint density at radius 2 is 2.14 bits per heavy atom. The van der Waals surface area contributed by atoms with Gasteiger partial charge in [0.2, 0.25) is 5.91 Å². The molecule has 1 unspecified atom stereocenters. The molecule has 116 valence electrons. The first-order valence-electron chi connectivity index (χ1n) is 7.63. The van der Waals surface area contributed by atoms with E-state index in [1.54, 1.807) is 0 Å². The predicted octanol–water partition coefficient (Wildman–Crippen LogP) is 2.61. The Kier molecular flexibility index (Phi) is 3.88. The van der Waals surface area contributed by atoms with Gasteiger partial charge in [-0.15, -0.1) is 0 Å². The standard InChI is InChI=1S/C17H19NO4/c1-2-14-12(11-6-3-4-8-15(11)22-14)10-16(19)18-9-5-7-13(18)17(20)21/h3-4,6,8,13H,2,5,7,9-10H2,1H3,(H,20,21). The maximum atomic E-state index is 12.6. The first-order valence-corrected chi connectivity index (χ1v) is 7.63. The van der Waals surface area contributed by atoms with Crippen molar-refractivity contribution in [3.63, 3.8) is 0 Å². The lowest BCUT2D eigenvalue weighted by Gasteiger charge is -2.21. The van der Waals surface area contributed by atoms with E-state index in [0.29, 0.717) is 19.4 Å². The molecule has 0 radical (unpaired) electrons. The zero-order chi connectivity index (χ0) is 15.7. The van der Waals surface area contributed by atoms with Gasteiger partial charge >= 0.3 is 5.97 Å². The van der Waals surface area contributed by atoms with Crippen molar-refractivity contribution in [2.75, 3.05) is 6.54 Å². The lowest BCUT2D eigenvalue weighted by molar-refractivity contribution is -0.147. The Balaban J connectivity index is 1.89. The smallest absolute Gasteiger partial charge is 0.326 e. The van der Waals surface area contributed by atoms with Crippen LogP contribution >= 0.6 is 0 Å². The first-order chi connectivity index (χ1) is 10.6. The van der Waals surface area contributed by atoms with E-state index < -0.39 is 12.0 Å². The van der Waals surface area contributed by atoms with Crippen molar-refractivity contribution < 1.29 is 19.1 Å². The summed E-state index contributed by atoms with van der Waals surface area (Å²) in [6, 6.07) is 6.96. The van der Waals surface area contributed by atoms with Crippen molar-refractivity contribution in [3.8, 4) is 0 Å². The molecule has 1 aliphatic heterocycles. The molecule has 0 spiro atoms. The Hall–Kier alpha value is -2.30. The van der Waals surface area contributed by atoms with E-state index in [1.807, 2.05) is 31.2 Å². The summed E-state index contributed by atoms with van der Waals surface area (Å²) < 4.78 is 5.80. The van der Waals surface area contributed by atoms with E-state index in [1.165, 1.54) is 4.90 Å². The lowest BCUT2D eigenvalue weighted by Crippen LogP contribution is -2.41. The van der Waals surface area contributed by atoms with Crippen LogP contribution < -0.4 is 0 Å². The number of para-hydroxylation sites is 1. The number of likely N-dealkylation sites (tertiary alicyclic amines) is 1. The number of carbonyl (C=O) groups excluding carboxylic acids is 1. The summed E-state index contributed by atoms with van der Waals surface area (Å²) in [5.74, 6) is -0.245. The summed E-state index contributed by atoms with van der Waals surface area (Å²) in [4.78, 5) is 25.3. The zero-order valence-corrected chi connectivity index (χ0v) is 12.5. The van der Waals surface area contributed by atoms with Crippen LogP contribution in [0.15, 0.2) is 28.7 Å². The number of amides is 1. The lowest BCUT2D eigenvalue weighted by atomic mass is 10.1. The molecule has 0 bridgehead atoms. The molecule has 5 nitrogen and oxygen atoms in total. The highest BCUT2D eigenvalue weighted by molar-refractivity contribution is 5.90. The molecule has 1 aliphatic rings. The molecule has 0 saturated carbocycles. The number of hydrogen-bond donors (Lipinski definition) is 1. The Bertz CT molecular complexity index is 719. The molecule has 1 N–H and O–H groups in total. The van der Waals surface area contributed by atoms with Crippen molar-refractivity contribution in [1.29, 1.82) is 0 Å². The van der Waals surface area contributed by atoms with Gasteiger partial charge in [-0.1, -0.05) is 25.1 Å². The summed E-state index contributed by atoms with van der Waals surface area (Å²) in [6.45, 7) is 2.51. The van der Waals surface area contributed by atoms with Crippen LogP contribution in [0.1, 0.15) is 31.1 Å². The molecule has 1 saturated heterocycles. The van der Waals surface area contributed by atoms with Gasteiger partial charge in [-0.25, -0.2) is 4.79 Å². The molecule has 0 aliphatic carbocycles. The molecule has 1 amide bonds. The van der Waals surface area contributed by atoms with Crippen molar-refractivity contribution in [2.24, 2.45) is 0 Å². The van der Waals surface area contributed by atoms with Gasteiger partial charge in [0.1, 0.15) is 17.4 Å². The Labute approximate surface area is 128 Å². The SMILES string of the molecule is CCc1oc2ccccc2c1CC(=O)N1CCCC1C(=O)O. The molecule has 1 fully saturated rings. The van der Waals surface area contributed by atoms with Crippen LogP contribution in [0.4, 0.5) is 0 Å². The Morgan fingerprint density at radius 3 is 2.86 bits per heavy atom. The van der Waals surface area contributed by atoms with Gasteiger partial charge in [0.25, 0.3) is 0 Å². The number of furan rings is 1. The van der Waals surface area contributed by atoms with Crippen molar-refractivity contribution >= 4 is 22.8 Å². The monoisotopic (exact) mass is 301 g/mol. The highest BCUT2D eigenvalue weighted by Gasteiger charge is 2.34. The third-order valence-corrected chi connectivity index (χ3v) is 4.29. The molecule has 1 aromatic carbocycles. The molecule has 1 aromatic heterocycles. The number of aryl methyl sites for hydroxylation is 1. The van der Waals surface area contributed by atoms with E-state index in [0.717, 1.165) is 28.7 Å². The second kappa shape index (κ2) is 5.83. The number of hydrogen-bond acceptors (Lipinski definition) is 3. The summed E-state index contributed by atoms with van der Waals surface area (Å²) in [5.41, 5.74) is 1.66. The summed E-state index contributed by atoms with van der Waals surface area (Å²) in [7, 11) is 0. The van der Waals surface area contributed by atoms with Crippen LogP contribution in [-0.4, -0.2) is 34.5 Å². The van der Waals surface area contributed by atoms with Crippen LogP contribution in [0.2, 0.25) is 0 Å². The van der Waals surface area contributed by atoms with Crippen LogP contribution in [-0.2, 0) is 22.4 Å². The average Bonchev–Trinajstić information content (AvgIpc) is 3.12. The quantitative estimate of drug-likeness (QED) is 0.942. The van der Waals surface area contributed by atoms with Gasteiger partial charge in [0.15, 0.2) is 0 Å². The molecular weight excluding hydrogens is 282 g/mol. The number of carboxylic acid groups (broad SMARTS) is 1. The van der Waals surface area contributed by atoms with Crippen LogP contribution in [0.3, 0.4) is 0 Å². The van der Waals surface area contributed by atoms with E-state index in [9.17, 15) is 14.7 Å². The maximum absolute atomic E-state index is 12.6. The minimum Gasteiger partial charge on any atom is -0.480 e. The molecule has 2 aromatic rings. The number of nitrogens with zero attached hydrogens (tertiary/aromatic N) is 1. The van der Waals surface area contributed by atoms with Crippen molar-refractivity contribution in [3.05, 3.63) is 35.6 Å². The van der Waals surface area contributed by atoms with Gasteiger partial charge in [0.05, 0.1) is 6.42 Å². The fourth-order valence-corrected chi connectivity index (χ4v) is 3.20. The van der Waals surface area contributed by atoms with Gasteiger partial charge in [-0.05, 0) is 18.9 Å². The fraction of sp³-hybridized carbons (Fsp3) is 0.412. The van der Waals surface area contributed by atoms with Gasteiger partial charge in [0, 0.05) is 23.9 Å². The maximum Gasteiger partial charge on any atom is 0.326 e. The number of carboxylic acids is 1. The summed E-state index contributed by atoms with van der Waals surface area (Å²) in [6.07, 6.45) is 2.19. The third kappa shape index (κ3) is 2.47. The van der Waals surface area contributed by atoms with Crippen LogP contribution in [0.25, 0.3) is 11.0 Å². The number of fused-ring (bicyclic) bond motifs is 1. The zero-order valence-electron chi connectivity index (χ0n) is 12.5. The molecule has 5 heteroatoms. The van der Waals surface area contributed by atoms with Crippen LogP contribution in [0.5, 0.6) is 0 Å². The van der Waals surface area contributed by atoms with E-state index >= 15 is 0 Å². The van der Waals surface area contributed by atoms with Gasteiger partial charge in [-0.2, -0.15) is 0 Å². The van der Waals surface area contributed by atoms with Gasteiger partial charge in [-0.3, -0.25) is 4.79 Å². The largest absolute Gasteiger partial charge is 0.480 e. The average molecular weight is 301 g/mol. The molecule has 3 rings (SSSR count). The number of rotatable bonds is 4. The highest BCUT2D eigenvalue weighted by atomic mass is 16.4. The third-order valence-electron chi connectivity index (χ3n) is 4.29. The van der Waals surface area contributed by atoms with Crippen LogP contribution in [0, 0.1) is 0 Å². The summed E-state index contributed by atoms with van der Waals surface area (Å²) in [5, 5.41) is 10.2. The van der Waals surface area contributed by atoms with E-state index in [2.05, 4.69) is 0 Å². The predicted molar refractivity (Wildman–Crippen MR) is 81.7 cm³/mol. The Morgan fingerprint density at radius 1 is 1.36 bits per heavy atom. The molecular formula is C17H19NO4. The molecule has 1 atom stereocenters. The first kappa shape index (κ1) is 14.6. The molecule has 22 heavy (non-hydrogen) atoms. The topological polar surface area (TPSA) is 70.8 Å². The minimum absolute atomic E-state index is 0.133. The number of aliphatic carboxylic acids is 1. The minimum atomic E-state index is -0.918. The fourth-order valence-electron chi connectivity index (χ4n) is 3.20. The van der Waals surface area contributed by atoms with Crippen molar-refractivity contribution in [1.82, 2.24) is 4.90 Å². The van der Waals surface area contributed by atoms with Gasteiger partial charge < -0.3 is 14.4 Å². The van der Waals surface area contributed by atoms with E-state index in [-0.39, 0.29) is 12.3 Å². The van der Waals surface area contributed by atoms with E-state index in [4.69, 9.17) is 4.42 Å².